The van der Waals surface area contributed by atoms with E-state index < -0.39 is 0 Å². The molecule has 2 aliphatic heterocycles. The fourth-order valence-electron chi connectivity index (χ4n) is 2.23. The summed E-state index contributed by atoms with van der Waals surface area (Å²) in [6.45, 7) is 4.76. The molecule has 1 aromatic rings. The van der Waals surface area contributed by atoms with Gasteiger partial charge in [0, 0.05) is 16.4 Å². The Kier molecular flexibility index (Phi) is 2.51. The summed E-state index contributed by atoms with van der Waals surface area (Å²) < 4.78 is 11.3. The number of fused-ring (bicyclic) bond motifs is 1. The topological polar surface area (TPSA) is 18.5 Å². The molecule has 1 aromatic carbocycles. The molecular formula is C13H16O2S. The molecule has 3 heteroatoms. The lowest BCUT2D eigenvalue weighted by Gasteiger charge is -2.26. The van der Waals surface area contributed by atoms with E-state index in [0.29, 0.717) is 18.0 Å². The maximum Gasteiger partial charge on any atom is 0.231 e. The van der Waals surface area contributed by atoms with Gasteiger partial charge in [0.05, 0.1) is 0 Å². The van der Waals surface area contributed by atoms with Crippen molar-refractivity contribution in [2.75, 3.05) is 12.5 Å². The second-order valence-corrected chi connectivity index (χ2v) is 5.92. The monoisotopic (exact) mass is 236 g/mol. The molecule has 0 radical (unpaired) electrons. The highest BCUT2D eigenvalue weighted by atomic mass is 32.2. The number of rotatable bonds is 2. The molecule has 86 valence electrons. The SMILES string of the molecule is CC(C)c1ccc(C2CCS2)c2c1OCO2. The van der Waals surface area contributed by atoms with E-state index in [9.17, 15) is 0 Å². The van der Waals surface area contributed by atoms with Crippen molar-refractivity contribution in [2.24, 2.45) is 0 Å². The molecule has 1 atom stereocenters. The Morgan fingerprint density at radius 2 is 2.00 bits per heavy atom. The summed E-state index contributed by atoms with van der Waals surface area (Å²) in [4.78, 5) is 0. The zero-order valence-electron chi connectivity index (χ0n) is 9.66. The Hall–Kier alpha value is -0.830. The Morgan fingerprint density at radius 3 is 2.62 bits per heavy atom. The van der Waals surface area contributed by atoms with Crippen LogP contribution in [0, 0.1) is 0 Å². The van der Waals surface area contributed by atoms with Crippen molar-refractivity contribution >= 4 is 11.8 Å². The molecule has 2 aliphatic rings. The molecule has 0 saturated carbocycles. The Balaban J connectivity index is 2.06. The van der Waals surface area contributed by atoms with Crippen LogP contribution in [0.2, 0.25) is 0 Å². The molecule has 1 unspecified atom stereocenters. The lowest BCUT2D eigenvalue weighted by molar-refractivity contribution is 0.172. The number of thioether (sulfide) groups is 1. The summed E-state index contributed by atoms with van der Waals surface area (Å²) in [6.07, 6.45) is 1.27. The minimum Gasteiger partial charge on any atom is -0.453 e. The van der Waals surface area contributed by atoms with Crippen LogP contribution < -0.4 is 9.47 Å². The second kappa shape index (κ2) is 3.88. The molecule has 3 rings (SSSR count). The summed E-state index contributed by atoms with van der Waals surface area (Å²) in [7, 11) is 0. The number of hydrogen-bond acceptors (Lipinski definition) is 3. The molecule has 16 heavy (non-hydrogen) atoms. The summed E-state index contributed by atoms with van der Waals surface area (Å²) in [5.74, 6) is 3.74. The largest absolute Gasteiger partial charge is 0.453 e. The maximum atomic E-state index is 5.64. The second-order valence-electron chi connectivity index (χ2n) is 4.61. The normalized spacial score (nSPS) is 22.3. The lowest BCUT2D eigenvalue weighted by Crippen LogP contribution is -2.08. The van der Waals surface area contributed by atoms with Crippen LogP contribution in [0.1, 0.15) is 42.6 Å². The summed E-state index contributed by atoms with van der Waals surface area (Å²) in [5.41, 5.74) is 2.59. The molecule has 0 aromatic heterocycles. The third-order valence-electron chi connectivity index (χ3n) is 3.25. The van der Waals surface area contributed by atoms with Gasteiger partial charge >= 0.3 is 0 Å². The van der Waals surface area contributed by atoms with E-state index in [4.69, 9.17) is 9.47 Å². The first kappa shape index (κ1) is 10.3. The van der Waals surface area contributed by atoms with Crippen molar-refractivity contribution in [2.45, 2.75) is 31.4 Å². The van der Waals surface area contributed by atoms with Gasteiger partial charge in [-0.25, -0.2) is 0 Å². The van der Waals surface area contributed by atoms with Crippen molar-refractivity contribution in [1.82, 2.24) is 0 Å². The Labute approximate surface area is 100 Å². The van der Waals surface area contributed by atoms with E-state index >= 15 is 0 Å². The first-order valence-corrected chi connectivity index (χ1v) is 6.86. The Bertz CT molecular complexity index is 411. The van der Waals surface area contributed by atoms with E-state index in [0.717, 1.165) is 11.5 Å². The van der Waals surface area contributed by atoms with Crippen LogP contribution in [-0.2, 0) is 0 Å². The number of hydrogen-bond donors (Lipinski definition) is 0. The van der Waals surface area contributed by atoms with Crippen LogP contribution in [0.25, 0.3) is 0 Å². The Morgan fingerprint density at radius 1 is 1.25 bits per heavy atom. The molecule has 0 N–H and O–H groups in total. The zero-order chi connectivity index (χ0) is 11.1. The highest BCUT2D eigenvalue weighted by Crippen LogP contribution is 2.51. The minimum absolute atomic E-state index is 0.378. The molecule has 0 amide bonds. The number of benzene rings is 1. The van der Waals surface area contributed by atoms with Crippen molar-refractivity contribution in [1.29, 1.82) is 0 Å². The van der Waals surface area contributed by atoms with E-state index in [-0.39, 0.29) is 0 Å². The van der Waals surface area contributed by atoms with Gasteiger partial charge < -0.3 is 9.47 Å². The van der Waals surface area contributed by atoms with E-state index in [1.807, 2.05) is 11.8 Å². The van der Waals surface area contributed by atoms with Gasteiger partial charge in [0.2, 0.25) is 6.79 Å². The van der Waals surface area contributed by atoms with Gasteiger partial charge in [-0.2, -0.15) is 11.8 Å². The molecule has 0 spiro atoms. The quantitative estimate of drug-likeness (QED) is 0.779. The summed E-state index contributed by atoms with van der Waals surface area (Å²) >= 11 is 2.00. The van der Waals surface area contributed by atoms with Crippen LogP contribution >= 0.6 is 11.8 Å². The minimum atomic E-state index is 0.378. The van der Waals surface area contributed by atoms with Crippen LogP contribution in [0.15, 0.2) is 12.1 Å². The summed E-state index contributed by atoms with van der Waals surface area (Å²) in [5, 5.41) is 0.622. The molecule has 0 aliphatic carbocycles. The van der Waals surface area contributed by atoms with Gasteiger partial charge in [-0.3, -0.25) is 0 Å². The standard InChI is InChI=1S/C13H16O2S/c1-8(2)9-3-4-10(11-5-6-16-11)13-12(9)14-7-15-13/h3-4,8,11H,5-7H2,1-2H3. The van der Waals surface area contributed by atoms with Gasteiger partial charge in [-0.1, -0.05) is 26.0 Å². The van der Waals surface area contributed by atoms with E-state index in [1.165, 1.54) is 23.3 Å². The summed E-state index contributed by atoms with van der Waals surface area (Å²) in [6, 6.07) is 4.42. The molecule has 2 heterocycles. The van der Waals surface area contributed by atoms with E-state index in [1.54, 1.807) is 0 Å². The average molecular weight is 236 g/mol. The predicted molar refractivity (Wildman–Crippen MR) is 66.5 cm³/mol. The van der Waals surface area contributed by atoms with Crippen molar-refractivity contribution < 1.29 is 9.47 Å². The third kappa shape index (κ3) is 1.49. The van der Waals surface area contributed by atoms with E-state index in [2.05, 4.69) is 26.0 Å². The number of ether oxygens (including phenoxy) is 2. The van der Waals surface area contributed by atoms with Gasteiger partial charge in [0.15, 0.2) is 11.5 Å². The van der Waals surface area contributed by atoms with Crippen LogP contribution in [0.5, 0.6) is 11.5 Å². The lowest BCUT2D eigenvalue weighted by atomic mass is 9.97. The van der Waals surface area contributed by atoms with Gasteiger partial charge in [-0.15, -0.1) is 0 Å². The van der Waals surface area contributed by atoms with Gasteiger partial charge in [0.25, 0.3) is 0 Å². The van der Waals surface area contributed by atoms with Crippen LogP contribution in [0.3, 0.4) is 0 Å². The average Bonchev–Trinajstić information content (AvgIpc) is 2.63. The molecular weight excluding hydrogens is 220 g/mol. The first-order chi connectivity index (χ1) is 7.77. The highest BCUT2D eigenvalue weighted by Gasteiger charge is 2.30. The van der Waals surface area contributed by atoms with Crippen molar-refractivity contribution in [3.63, 3.8) is 0 Å². The smallest absolute Gasteiger partial charge is 0.231 e. The van der Waals surface area contributed by atoms with Gasteiger partial charge in [-0.05, 0) is 18.1 Å². The molecule has 0 bridgehead atoms. The van der Waals surface area contributed by atoms with Gasteiger partial charge in [0.1, 0.15) is 0 Å². The predicted octanol–water partition coefficient (Wildman–Crippen LogP) is 3.72. The first-order valence-electron chi connectivity index (χ1n) is 5.81. The van der Waals surface area contributed by atoms with Crippen molar-refractivity contribution in [3.05, 3.63) is 23.3 Å². The highest BCUT2D eigenvalue weighted by molar-refractivity contribution is 8.00. The maximum absolute atomic E-state index is 5.64. The fraction of sp³-hybridized carbons (Fsp3) is 0.538. The molecule has 1 fully saturated rings. The van der Waals surface area contributed by atoms with Crippen LogP contribution in [-0.4, -0.2) is 12.5 Å². The van der Waals surface area contributed by atoms with Crippen LogP contribution in [0.4, 0.5) is 0 Å². The third-order valence-corrected chi connectivity index (χ3v) is 4.61. The molecule has 1 saturated heterocycles. The fourth-order valence-corrected chi connectivity index (χ4v) is 3.06. The zero-order valence-corrected chi connectivity index (χ0v) is 10.5. The molecule has 2 nitrogen and oxygen atoms in total. The van der Waals surface area contributed by atoms with Crippen molar-refractivity contribution in [3.8, 4) is 11.5 Å².